The van der Waals surface area contributed by atoms with E-state index in [1.165, 1.54) is 12.1 Å². The second kappa shape index (κ2) is 6.77. The maximum Gasteiger partial charge on any atom is 0.271 e. The van der Waals surface area contributed by atoms with E-state index in [1.807, 2.05) is 0 Å². The van der Waals surface area contributed by atoms with Crippen LogP contribution in [0.3, 0.4) is 0 Å². The summed E-state index contributed by atoms with van der Waals surface area (Å²) in [6.07, 6.45) is -0.411. The van der Waals surface area contributed by atoms with Gasteiger partial charge >= 0.3 is 0 Å². The summed E-state index contributed by atoms with van der Waals surface area (Å²) >= 11 is 0. The summed E-state index contributed by atoms with van der Waals surface area (Å²) in [5, 5.41) is 20.3. The van der Waals surface area contributed by atoms with Gasteiger partial charge in [-0.05, 0) is 13.0 Å². The van der Waals surface area contributed by atoms with Crippen molar-refractivity contribution >= 4 is 5.91 Å². The molecule has 7 heteroatoms. The van der Waals surface area contributed by atoms with Crippen molar-refractivity contribution in [3.63, 3.8) is 0 Å². The lowest BCUT2D eigenvalue weighted by Gasteiger charge is -2.07. The second-order valence-corrected chi connectivity index (χ2v) is 3.62. The van der Waals surface area contributed by atoms with Crippen molar-refractivity contribution in [3.05, 3.63) is 28.2 Å². The summed E-state index contributed by atoms with van der Waals surface area (Å²) in [5.41, 5.74) is -0.180. The molecule has 1 aromatic rings. The Bertz CT molecular complexity index is 396. The van der Waals surface area contributed by atoms with Gasteiger partial charge in [-0.15, -0.1) is 0 Å². The van der Waals surface area contributed by atoms with Gasteiger partial charge in [-0.25, -0.2) is 5.10 Å². The van der Waals surface area contributed by atoms with Gasteiger partial charge in [0.1, 0.15) is 5.69 Å². The van der Waals surface area contributed by atoms with E-state index in [0.29, 0.717) is 19.6 Å². The van der Waals surface area contributed by atoms with Crippen LogP contribution in [0.5, 0.6) is 0 Å². The maximum atomic E-state index is 11.5. The van der Waals surface area contributed by atoms with Crippen LogP contribution in [0, 0.1) is 0 Å². The first kappa shape index (κ1) is 13.3. The summed E-state index contributed by atoms with van der Waals surface area (Å²) in [5.74, 6) is -0.347. The van der Waals surface area contributed by atoms with Crippen molar-refractivity contribution in [3.8, 4) is 0 Å². The number of nitrogens with one attached hydrogen (secondary N) is 3. The highest BCUT2D eigenvalue weighted by molar-refractivity contribution is 5.91. The lowest BCUT2D eigenvalue weighted by Crippen LogP contribution is -2.35. The number of aromatic amines is 1. The van der Waals surface area contributed by atoms with Gasteiger partial charge in [0, 0.05) is 25.7 Å². The largest absolute Gasteiger partial charge is 0.392 e. The standard InChI is InChI=1S/C10H16N4O3/c1-7(15)6-11-4-5-12-10(17)8-2-3-9(16)14-13-8/h2-3,7,11,15H,4-6H2,1H3,(H,12,17)(H,14,16). The first-order valence-electron chi connectivity index (χ1n) is 5.32. The zero-order chi connectivity index (χ0) is 12.7. The molecule has 7 nitrogen and oxygen atoms in total. The number of hydrogen-bond acceptors (Lipinski definition) is 5. The van der Waals surface area contributed by atoms with Crippen LogP contribution < -0.4 is 16.2 Å². The van der Waals surface area contributed by atoms with Crippen molar-refractivity contribution in [2.75, 3.05) is 19.6 Å². The molecule has 0 saturated heterocycles. The lowest BCUT2D eigenvalue weighted by molar-refractivity contribution is 0.0947. The van der Waals surface area contributed by atoms with E-state index in [-0.39, 0.29) is 17.2 Å². The highest BCUT2D eigenvalue weighted by Crippen LogP contribution is 1.87. The number of amides is 1. The molecule has 17 heavy (non-hydrogen) atoms. The number of nitrogens with zero attached hydrogens (tertiary/aromatic N) is 1. The molecule has 4 N–H and O–H groups in total. The molecule has 0 radical (unpaired) electrons. The summed E-state index contributed by atoms with van der Waals surface area (Å²) in [6, 6.07) is 2.60. The van der Waals surface area contributed by atoms with E-state index in [4.69, 9.17) is 5.11 Å². The van der Waals surface area contributed by atoms with Crippen molar-refractivity contribution < 1.29 is 9.90 Å². The molecule has 1 atom stereocenters. The molecule has 0 aromatic carbocycles. The first-order valence-corrected chi connectivity index (χ1v) is 5.32. The average Bonchev–Trinajstić information content (AvgIpc) is 2.29. The van der Waals surface area contributed by atoms with Crippen LogP contribution in [-0.4, -0.2) is 46.9 Å². The topological polar surface area (TPSA) is 107 Å². The Morgan fingerprint density at radius 3 is 2.88 bits per heavy atom. The van der Waals surface area contributed by atoms with E-state index in [9.17, 15) is 9.59 Å². The monoisotopic (exact) mass is 240 g/mol. The third-order valence-electron chi connectivity index (χ3n) is 1.94. The zero-order valence-electron chi connectivity index (χ0n) is 9.56. The molecular weight excluding hydrogens is 224 g/mol. The minimum Gasteiger partial charge on any atom is -0.392 e. The van der Waals surface area contributed by atoms with Crippen molar-refractivity contribution in [1.29, 1.82) is 0 Å². The molecule has 1 amide bonds. The molecule has 1 heterocycles. The third kappa shape index (κ3) is 5.23. The molecular formula is C10H16N4O3. The Kier molecular flexibility index (Phi) is 5.31. The summed E-state index contributed by atoms with van der Waals surface area (Å²) in [6.45, 7) is 3.13. The van der Waals surface area contributed by atoms with Gasteiger partial charge in [0.2, 0.25) is 0 Å². The average molecular weight is 240 g/mol. The number of H-pyrrole nitrogens is 1. The predicted molar refractivity (Wildman–Crippen MR) is 61.7 cm³/mol. The fourth-order valence-corrected chi connectivity index (χ4v) is 1.14. The van der Waals surface area contributed by atoms with Crippen LogP contribution in [0.2, 0.25) is 0 Å². The normalized spacial score (nSPS) is 12.1. The molecule has 0 aliphatic heterocycles. The molecule has 0 bridgehead atoms. The highest BCUT2D eigenvalue weighted by Gasteiger charge is 2.05. The minimum absolute atomic E-state index is 0.167. The Hall–Kier alpha value is -1.73. The number of aliphatic hydroxyl groups excluding tert-OH is 1. The molecule has 0 aliphatic rings. The van der Waals surface area contributed by atoms with Crippen LogP contribution in [-0.2, 0) is 0 Å². The van der Waals surface area contributed by atoms with E-state index in [0.717, 1.165) is 0 Å². The fraction of sp³-hybridized carbons (Fsp3) is 0.500. The molecule has 94 valence electrons. The zero-order valence-corrected chi connectivity index (χ0v) is 9.56. The lowest BCUT2D eigenvalue weighted by atomic mass is 10.3. The third-order valence-corrected chi connectivity index (χ3v) is 1.94. The van der Waals surface area contributed by atoms with E-state index in [2.05, 4.69) is 20.8 Å². The Morgan fingerprint density at radius 1 is 1.53 bits per heavy atom. The van der Waals surface area contributed by atoms with Crippen LogP contribution in [0.25, 0.3) is 0 Å². The molecule has 1 unspecified atom stereocenters. The summed E-state index contributed by atoms with van der Waals surface area (Å²) in [4.78, 5) is 22.2. The number of rotatable bonds is 6. The number of carbonyl (C=O) groups excluding carboxylic acids is 1. The number of aliphatic hydroxyl groups is 1. The fourth-order valence-electron chi connectivity index (χ4n) is 1.14. The van der Waals surface area contributed by atoms with Gasteiger partial charge in [-0.2, -0.15) is 5.10 Å². The number of carbonyl (C=O) groups is 1. The molecule has 1 rings (SSSR count). The van der Waals surface area contributed by atoms with Gasteiger partial charge in [-0.3, -0.25) is 9.59 Å². The van der Waals surface area contributed by atoms with Crippen molar-refractivity contribution in [2.45, 2.75) is 13.0 Å². The Morgan fingerprint density at radius 2 is 2.29 bits per heavy atom. The van der Waals surface area contributed by atoms with Crippen LogP contribution >= 0.6 is 0 Å². The van der Waals surface area contributed by atoms with Crippen LogP contribution in [0.4, 0.5) is 0 Å². The number of hydrogen-bond donors (Lipinski definition) is 4. The smallest absolute Gasteiger partial charge is 0.271 e. The van der Waals surface area contributed by atoms with Crippen molar-refractivity contribution in [1.82, 2.24) is 20.8 Å². The summed E-state index contributed by atoms with van der Waals surface area (Å²) in [7, 11) is 0. The van der Waals surface area contributed by atoms with Gasteiger partial charge in [0.15, 0.2) is 0 Å². The van der Waals surface area contributed by atoms with Gasteiger partial charge in [0.25, 0.3) is 11.5 Å². The second-order valence-electron chi connectivity index (χ2n) is 3.62. The first-order chi connectivity index (χ1) is 8.09. The molecule has 0 aliphatic carbocycles. The number of aromatic nitrogens is 2. The quantitative estimate of drug-likeness (QED) is 0.451. The SMILES string of the molecule is CC(O)CNCCNC(=O)c1ccc(=O)[nH]n1. The highest BCUT2D eigenvalue weighted by atomic mass is 16.3. The minimum atomic E-state index is -0.411. The van der Waals surface area contributed by atoms with Gasteiger partial charge in [0.05, 0.1) is 6.10 Å². The van der Waals surface area contributed by atoms with Crippen LogP contribution in [0.1, 0.15) is 17.4 Å². The maximum absolute atomic E-state index is 11.5. The van der Waals surface area contributed by atoms with E-state index < -0.39 is 6.10 Å². The Balaban J connectivity index is 2.26. The van der Waals surface area contributed by atoms with Crippen LogP contribution in [0.15, 0.2) is 16.9 Å². The molecule has 0 fully saturated rings. The van der Waals surface area contributed by atoms with E-state index >= 15 is 0 Å². The molecule has 0 spiro atoms. The predicted octanol–water partition coefficient (Wildman–Crippen LogP) is -1.53. The molecule has 0 saturated carbocycles. The van der Waals surface area contributed by atoms with Crippen molar-refractivity contribution in [2.24, 2.45) is 0 Å². The van der Waals surface area contributed by atoms with E-state index in [1.54, 1.807) is 6.92 Å². The van der Waals surface area contributed by atoms with Gasteiger partial charge in [-0.1, -0.05) is 0 Å². The molecule has 1 aromatic heterocycles. The van der Waals surface area contributed by atoms with Gasteiger partial charge < -0.3 is 15.7 Å². The Labute approximate surface area is 98.2 Å². The summed E-state index contributed by atoms with van der Waals surface area (Å²) < 4.78 is 0.